The molecule has 0 aromatic heterocycles. The second kappa shape index (κ2) is 7.45. The van der Waals surface area contributed by atoms with Gasteiger partial charge in [0, 0.05) is 10.2 Å². The molecule has 2 rings (SSSR count). The Bertz CT molecular complexity index is 651. The summed E-state index contributed by atoms with van der Waals surface area (Å²) in [7, 11) is 0. The van der Waals surface area contributed by atoms with Gasteiger partial charge in [-0.2, -0.15) is 0 Å². The fourth-order valence-electron chi connectivity index (χ4n) is 2.07. The molecule has 2 aromatic rings. The van der Waals surface area contributed by atoms with Crippen LogP contribution in [0, 0.1) is 6.92 Å². The maximum atomic E-state index is 11.9. The lowest BCUT2D eigenvalue weighted by Gasteiger charge is -2.11. The van der Waals surface area contributed by atoms with Crippen molar-refractivity contribution in [3.63, 3.8) is 0 Å². The highest BCUT2D eigenvalue weighted by Crippen LogP contribution is 2.22. The number of rotatable bonds is 5. The summed E-state index contributed by atoms with van der Waals surface area (Å²) in [6.45, 7) is 6.22. The predicted molar refractivity (Wildman–Crippen MR) is 93.5 cm³/mol. The summed E-state index contributed by atoms with van der Waals surface area (Å²) < 4.78 is 6.55. The molecule has 0 fully saturated rings. The molecule has 0 bridgehead atoms. The van der Waals surface area contributed by atoms with Gasteiger partial charge < -0.3 is 10.1 Å². The van der Waals surface area contributed by atoms with Gasteiger partial charge in [-0.25, -0.2) is 0 Å². The molecular weight excluding hydrogens is 342 g/mol. The van der Waals surface area contributed by atoms with Gasteiger partial charge in [-0.15, -0.1) is 0 Å². The second-order valence-corrected chi connectivity index (χ2v) is 6.44. The summed E-state index contributed by atoms with van der Waals surface area (Å²) in [5.74, 6) is 1.03. The van der Waals surface area contributed by atoms with Crippen molar-refractivity contribution in [3.05, 3.63) is 58.1 Å². The monoisotopic (exact) mass is 361 g/mol. The zero-order chi connectivity index (χ0) is 16.1. The van der Waals surface area contributed by atoms with Crippen molar-refractivity contribution in [3.8, 4) is 5.75 Å². The van der Waals surface area contributed by atoms with Crippen LogP contribution in [0.25, 0.3) is 0 Å². The zero-order valence-electron chi connectivity index (χ0n) is 13.0. The van der Waals surface area contributed by atoms with Crippen molar-refractivity contribution in [2.45, 2.75) is 26.7 Å². The molecule has 0 radical (unpaired) electrons. The van der Waals surface area contributed by atoms with Crippen LogP contribution in [0.4, 0.5) is 5.69 Å². The van der Waals surface area contributed by atoms with E-state index in [0.29, 0.717) is 11.7 Å². The number of hydrogen-bond acceptors (Lipinski definition) is 2. The Hall–Kier alpha value is -1.81. The first kappa shape index (κ1) is 16.6. The molecule has 0 heterocycles. The Balaban J connectivity index is 1.90. The molecule has 116 valence electrons. The standard InChI is InChI=1S/C18H20BrNO2/c1-12(2)14-4-7-16(8-5-14)20-18(21)11-22-17-9-6-15(19)10-13(17)3/h4-10,12H,11H2,1-3H3,(H,20,21). The molecule has 0 unspecified atom stereocenters. The van der Waals surface area contributed by atoms with E-state index in [9.17, 15) is 4.79 Å². The number of amides is 1. The maximum absolute atomic E-state index is 11.9. The average Bonchev–Trinajstić information content (AvgIpc) is 2.47. The van der Waals surface area contributed by atoms with E-state index in [1.54, 1.807) is 0 Å². The number of benzene rings is 2. The van der Waals surface area contributed by atoms with Gasteiger partial charge in [-0.3, -0.25) is 4.79 Å². The normalized spacial score (nSPS) is 10.6. The van der Waals surface area contributed by atoms with Gasteiger partial charge in [0.05, 0.1) is 0 Å². The van der Waals surface area contributed by atoms with Crippen molar-refractivity contribution in [2.75, 3.05) is 11.9 Å². The van der Waals surface area contributed by atoms with Gasteiger partial charge in [-0.1, -0.05) is 41.9 Å². The molecule has 2 aromatic carbocycles. The number of anilines is 1. The van der Waals surface area contributed by atoms with E-state index in [0.717, 1.165) is 15.7 Å². The minimum Gasteiger partial charge on any atom is -0.483 e. The summed E-state index contributed by atoms with van der Waals surface area (Å²) in [4.78, 5) is 11.9. The largest absolute Gasteiger partial charge is 0.483 e. The molecule has 1 amide bonds. The molecule has 0 aliphatic heterocycles. The topological polar surface area (TPSA) is 38.3 Å². The SMILES string of the molecule is Cc1cc(Br)ccc1OCC(=O)Nc1ccc(C(C)C)cc1. The number of carbonyl (C=O) groups is 1. The smallest absolute Gasteiger partial charge is 0.262 e. The quantitative estimate of drug-likeness (QED) is 0.822. The number of carbonyl (C=O) groups excluding carboxylic acids is 1. The fraction of sp³-hybridized carbons (Fsp3) is 0.278. The molecule has 0 saturated carbocycles. The molecule has 0 spiro atoms. The Morgan fingerprint density at radius 2 is 1.86 bits per heavy atom. The Labute approximate surface area is 139 Å². The number of aryl methyl sites for hydroxylation is 1. The molecule has 4 heteroatoms. The van der Waals surface area contributed by atoms with E-state index < -0.39 is 0 Å². The van der Waals surface area contributed by atoms with Crippen LogP contribution in [0.15, 0.2) is 46.9 Å². The molecule has 22 heavy (non-hydrogen) atoms. The molecule has 0 saturated heterocycles. The number of halogens is 1. The molecule has 0 atom stereocenters. The molecule has 0 aliphatic rings. The van der Waals surface area contributed by atoms with Gasteiger partial charge in [-0.05, 0) is 54.3 Å². The van der Waals surface area contributed by atoms with Crippen molar-refractivity contribution < 1.29 is 9.53 Å². The maximum Gasteiger partial charge on any atom is 0.262 e. The summed E-state index contributed by atoms with van der Waals surface area (Å²) in [6, 6.07) is 13.6. The lowest BCUT2D eigenvalue weighted by molar-refractivity contribution is -0.118. The summed E-state index contributed by atoms with van der Waals surface area (Å²) >= 11 is 3.40. The van der Waals surface area contributed by atoms with Crippen LogP contribution in [-0.4, -0.2) is 12.5 Å². The van der Waals surface area contributed by atoms with Crippen LogP contribution in [0.5, 0.6) is 5.75 Å². The first-order valence-electron chi connectivity index (χ1n) is 7.24. The first-order valence-corrected chi connectivity index (χ1v) is 8.04. The minimum absolute atomic E-state index is 0.00555. The van der Waals surface area contributed by atoms with Crippen LogP contribution in [-0.2, 0) is 4.79 Å². The lowest BCUT2D eigenvalue weighted by atomic mass is 10.0. The van der Waals surface area contributed by atoms with E-state index in [2.05, 4.69) is 35.1 Å². The Morgan fingerprint density at radius 3 is 2.45 bits per heavy atom. The second-order valence-electron chi connectivity index (χ2n) is 5.52. The van der Waals surface area contributed by atoms with Gasteiger partial charge >= 0.3 is 0 Å². The van der Waals surface area contributed by atoms with Gasteiger partial charge in [0.15, 0.2) is 6.61 Å². The van der Waals surface area contributed by atoms with Crippen molar-refractivity contribution in [2.24, 2.45) is 0 Å². The van der Waals surface area contributed by atoms with Gasteiger partial charge in [0.25, 0.3) is 5.91 Å². The van der Waals surface area contributed by atoms with E-state index in [-0.39, 0.29) is 12.5 Å². The van der Waals surface area contributed by atoms with Crippen molar-refractivity contribution in [1.29, 1.82) is 0 Å². The predicted octanol–water partition coefficient (Wildman–Crippen LogP) is 4.90. The summed E-state index contributed by atoms with van der Waals surface area (Å²) in [5.41, 5.74) is 3.02. The molecule has 1 N–H and O–H groups in total. The Kier molecular flexibility index (Phi) is 5.61. The fourth-order valence-corrected chi connectivity index (χ4v) is 2.54. The summed E-state index contributed by atoms with van der Waals surface area (Å²) in [6.07, 6.45) is 0. The van der Waals surface area contributed by atoms with Crippen LogP contribution < -0.4 is 10.1 Å². The third kappa shape index (κ3) is 4.60. The molecule has 0 aliphatic carbocycles. The van der Waals surface area contributed by atoms with E-state index in [1.807, 2.05) is 49.4 Å². The Morgan fingerprint density at radius 1 is 1.18 bits per heavy atom. The first-order chi connectivity index (χ1) is 10.5. The highest BCUT2D eigenvalue weighted by Gasteiger charge is 2.06. The minimum atomic E-state index is -0.167. The third-order valence-corrected chi connectivity index (χ3v) is 3.85. The van der Waals surface area contributed by atoms with Crippen LogP contribution in [0.2, 0.25) is 0 Å². The number of hydrogen-bond donors (Lipinski definition) is 1. The average molecular weight is 362 g/mol. The van der Waals surface area contributed by atoms with Crippen molar-refractivity contribution in [1.82, 2.24) is 0 Å². The van der Waals surface area contributed by atoms with Gasteiger partial charge in [0.1, 0.15) is 5.75 Å². The highest BCUT2D eigenvalue weighted by atomic mass is 79.9. The number of ether oxygens (including phenoxy) is 1. The summed E-state index contributed by atoms with van der Waals surface area (Å²) in [5, 5.41) is 2.84. The van der Waals surface area contributed by atoms with Crippen LogP contribution in [0.1, 0.15) is 30.9 Å². The molecular formula is C18H20BrNO2. The van der Waals surface area contributed by atoms with Gasteiger partial charge in [0.2, 0.25) is 0 Å². The zero-order valence-corrected chi connectivity index (χ0v) is 14.6. The lowest BCUT2D eigenvalue weighted by Crippen LogP contribution is -2.20. The highest BCUT2D eigenvalue weighted by molar-refractivity contribution is 9.10. The third-order valence-electron chi connectivity index (χ3n) is 3.36. The van der Waals surface area contributed by atoms with Crippen LogP contribution >= 0.6 is 15.9 Å². The van der Waals surface area contributed by atoms with Crippen LogP contribution in [0.3, 0.4) is 0 Å². The molecule has 3 nitrogen and oxygen atoms in total. The van der Waals surface area contributed by atoms with E-state index >= 15 is 0 Å². The number of nitrogens with one attached hydrogen (secondary N) is 1. The van der Waals surface area contributed by atoms with E-state index in [4.69, 9.17) is 4.74 Å². The van der Waals surface area contributed by atoms with E-state index in [1.165, 1.54) is 5.56 Å². The van der Waals surface area contributed by atoms with Crippen molar-refractivity contribution >= 4 is 27.5 Å².